The summed E-state index contributed by atoms with van der Waals surface area (Å²) in [5.74, 6) is -0.198. The molecule has 0 aliphatic heterocycles. The van der Waals surface area contributed by atoms with Crippen molar-refractivity contribution in [1.82, 2.24) is 4.98 Å². The number of rotatable bonds is 3. The third-order valence-corrected chi connectivity index (χ3v) is 7.35. The van der Waals surface area contributed by atoms with E-state index in [0.29, 0.717) is 39.2 Å². The molecule has 0 spiro atoms. The third-order valence-electron chi connectivity index (χ3n) is 7.35. The maximum atomic E-state index is 12.9. The summed E-state index contributed by atoms with van der Waals surface area (Å²) in [6.45, 7) is 13.0. The van der Waals surface area contributed by atoms with Crippen LogP contribution in [0.2, 0.25) is 0 Å². The zero-order valence-corrected chi connectivity index (χ0v) is 23.0. The molecule has 0 fully saturated rings. The lowest BCUT2D eigenvalue weighted by Crippen LogP contribution is -2.10. The van der Waals surface area contributed by atoms with Gasteiger partial charge in [0, 0.05) is 21.7 Å². The van der Waals surface area contributed by atoms with E-state index in [-0.39, 0.29) is 22.1 Å². The summed E-state index contributed by atoms with van der Waals surface area (Å²) in [5, 5.41) is 13.1. The zero-order chi connectivity index (χ0) is 27.7. The number of fused-ring (bicyclic) bond motifs is 3. The molecule has 0 bridgehead atoms. The molecule has 196 valence electrons. The Morgan fingerprint density at radius 1 is 0.718 bits per heavy atom. The molecular formula is C34H31NO4. The molecular weight excluding hydrogens is 486 g/mol. The van der Waals surface area contributed by atoms with Gasteiger partial charge in [0.2, 0.25) is 0 Å². The average molecular weight is 518 g/mol. The van der Waals surface area contributed by atoms with Crippen molar-refractivity contribution in [2.75, 3.05) is 0 Å². The van der Waals surface area contributed by atoms with Gasteiger partial charge in [0.15, 0.2) is 5.76 Å². The fourth-order valence-electron chi connectivity index (χ4n) is 5.11. The van der Waals surface area contributed by atoms with Crippen molar-refractivity contribution >= 4 is 38.8 Å². The van der Waals surface area contributed by atoms with Gasteiger partial charge in [0.25, 0.3) is 0 Å². The Morgan fingerprint density at radius 2 is 1.26 bits per heavy atom. The van der Waals surface area contributed by atoms with E-state index in [4.69, 9.17) is 13.8 Å². The van der Waals surface area contributed by atoms with Gasteiger partial charge in [-0.15, -0.1) is 0 Å². The predicted molar refractivity (Wildman–Crippen MR) is 157 cm³/mol. The van der Waals surface area contributed by atoms with Crippen molar-refractivity contribution in [3.8, 4) is 22.8 Å². The average Bonchev–Trinajstić information content (AvgIpc) is 3.49. The van der Waals surface area contributed by atoms with Crippen LogP contribution in [0.4, 0.5) is 0 Å². The van der Waals surface area contributed by atoms with Crippen molar-refractivity contribution in [1.29, 1.82) is 0 Å². The normalized spacial score (nSPS) is 12.6. The smallest absolute Gasteiger partial charge is 0.338 e. The number of aromatic carboxylic acids is 1. The number of carboxylic acid groups (broad SMARTS) is 1. The maximum Gasteiger partial charge on any atom is 0.338 e. The summed E-state index contributed by atoms with van der Waals surface area (Å²) in [5.41, 5.74) is 5.18. The van der Waals surface area contributed by atoms with E-state index < -0.39 is 5.97 Å². The second kappa shape index (κ2) is 8.57. The van der Waals surface area contributed by atoms with E-state index >= 15 is 0 Å². The van der Waals surface area contributed by atoms with E-state index in [1.54, 1.807) is 0 Å². The van der Waals surface area contributed by atoms with Crippen LogP contribution in [0.1, 0.15) is 63.0 Å². The van der Waals surface area contributed by atoms with Crippen LogP contribution in [0.3, 0.4) is 0 Å². The zero-order valence-electron chi connectivity index (χ0n) is 23.0. The third kappa shape index (κ3) is 4.28. The molecule has 5 nitrogen and oxygen atoms in total. The molecule has 0 saturated heterocycles. The number of aromatic nitrogens is 1. The molecule has 0 saturated carbocycles. The van der Waals surface area contributed by atoms with Gasteiger partial charge in [-0.05, 0) is 64.4 Å². The largest absolute Gasteiger partial charge is 0.478 e. The number of para-hydroxylation sites is 1. The summed E-state index contributed by atoms with van der Waals surface area (Å²) in [4.78, 5) is 17.7. The summed E-state index contributed by atoms with van der Waals surface area (Å²) in [7, 11) is 0. The first-order valence-corrected chi connectivity index (χ1v) is 13.1. The van der Waals surface area contributed by atoms with Gasteiger partial charge in [-0.1, -0.05) is 71.9 Å². The number of hydrogen-bond acceptors (Lipinski definition) is 4. The monoisotopic (exact) mass is 517 g/mol. The molecule has 0 amide bonds. The Bertz CT molecular complexity index is 1910. The first-order chi connectivity index (χ1) is 18.4. The van der Waals surface area contributed by atoms with Crippen LogP contribution in [0.5, 0.6) is 0 Å². The molecule has 0 aliphatic carbocycles. The van der Waals surface area contributed by atoms with Crippen LogP contribution in [-0.2, 0) is 10.8 Å². The highest BCUT2D eigenvalue weighted by molar-refractivity contribution is 6.10. The number of furan rings is 2. The van der Waals surface area contributed by atoms with E-state index in [1.165, 1.54) is 11.1 Å². The SMILES string of the molecule is CC(C)(C)c1ccc2oc(-c3nc4ccccc4c(-c4cc5cc(C(C)(C)C)ccc5o4)c3C(=O)O)cc2c1. The van der Waals surface area contributed by atoms with Gasteiger partial charge in [0.05, 0.1) is 5.52 Å². The molecule has 5 heteroatoms. The maximum absolute atomic E-state index is 12.9. The van der Waals surface area contributed by atoms with Crippen LogP contribution in [0.25, 0.3) is 55.6 Å². The lowest BCUT2D eigenvalue weighted by atomic mass is 9.86. The standard InChI is InChI=1S/C34H31NO4/c1-33(2,3)21-11-13-25-19(15-21)17-27(38-25)29-23-9-7-8-10-24(23)35-31(30(29)32(36)37)28-18-20-16-22(34(4,5)6)12-14-26(20)39-28/h7-18H,1-6H3,(H,36,37). The minimum atomic E-state index is -1.09. The molecule has 3 aromatic heterocycles. The minimum Gasteiger partial charge on any atom is -0.478 e. The quantitative estimate of drug-likeness (QED) is 0.253. The number of benzene rings is 3. The fourth-order valence-corrected chi connectivity index (χ4v) is 5.11. The molecule has 3 aromatic carbocycles. The number of hydrogen-bond donors (Lipinski definition) is 1. The van der Waals surface area contributed by atoms with E-state index in [0.717, 1.165) is 10.8 Å². The summed E-state index contributed by atoms with van der Waals surface area (Å²) in [6.07, 6.45) is 0. The van der Waals surface area contributed by atoms with Gasteiger partial charge in [0.1, 0.15) is 28.2 Å². The van der Waals surface area contributed by atoms with Gasteiger partial charge >= 0.3 is 5.97 Å². The van der Waals surface area contributed by atoms with Crippen molar-refractivity contribution in [2.24, 2.45) is 0 Å². The highest BCUT2D eigenvalue weighted by atomic mass is 16.4. The van der Waals surface area contributed by atoms with Gasteiger partial charge in [-0.25, -0.2) is 9.78 Å². The van der Waals surface area contributed by atoms with E-state index in [2.05, 4.69) is 59.7 Å². The molecule has 0 unspecified atom stereocenters. The molecule has 39 heavy (non-hydrogen) atoms. The molecule has 3 heterocycles. The minimum absolute atomic E-state index is 0.0253. The van der Waals surface area contributed by atoms with Crippen LogP contribution < -0.4 is 0 Å². The van der Waals surface area contributed by atoms with E-state index in [1.807, 2.05) is 54.6 Å². The number of pyridine rings is 1. The Morgan fingerprint density at radius 3 is 1.82 bits per heavy atom. The Hall–Kier alpha value is -4.38. The van der Waals surface area contributed by atoms with Gasteiger partial charge < -0.3 is 13.9 Å². The molecule has 1 N–H and O–H groups in total. The summed E-state index contributed by atoms with van der Waals surface area (Å²) >= 11 is 0. The van der Waals surface area contributed by atoms with Crippen LogP contribution >= 0.6 is 0 Å². The van der Waals surface area contributed by atoms with Gasteiger partial charge in [-0.2, -0.15) is 0 Å². The van der Waals surface area contributed by atoms with Crippen molar-refractivity contribution in [3.63, 3.8) is 0 Å². The number of carboxylic acids is 1. The molecule has 6 rings (SSSR count). The first-order valence-electron chi connectivity index (χ1n) is 13.1. The van der Waals surface area contributed by atoms with E-state index in [9.17, 15) is 9.90 Å². The van der Waals surface area contributed by atoms with Crippen molar-refractivity contribution < 1.29 is 18.7 Å². The topological polar surface area (TPSA) is 76.5 Å². The molecule has 6 aromatic rings. The Balaban J connectivity index is 1.63. The van der Waals surface area contributed by atoms with Gasteiger partial charge in [-0.3, -0.25) is 0 Å². The highest BCUT2D eigenvalue weighted by Crippen LogP contribution is 2.41. The van der Waals surface area contributed by atoms with Crippen molar-refractivity contribution in [3.05, 3.63) is 89.5 Å². The van der Waals surface area contributed by atoms with Crippen LogP contribution in [0.15, 0.2) is 81.6 Å². The highest BCUT2D eigenvalue weighted by Gasteiger charge is 2.27. The fraction of sp³-hybridized carbons (Fsp3) is 0.235. The molecule has 0 radical (unpaired) electrons. The van der Waals surface area contributed by atoms with Crippen LogP contribution in [-0.4, -0.2) is 16.1 Å². The van der Waals surface area contributed by atoms with Crippen LogP contribution in [0, 0.1) is 0 Å². The second-order valence-corrected chi connectivity index (χ2v) is 12.3. The Labute approximate surface area is 227 Å². The molecule has 0 atom stereocenters. The number of nitrogens with zero attached hydrogens (tertiary/aromatic N) is 1. The lowest BCUT2D eigenvalue weighted by Gasteiger charge is -2.18. The predicted octanol–water partition coefficient (Wildman–Crippen LogP) is 9.35. The lowest BCUT2D eigenvalue weighted by molar-refractivity contribution is 0.0698. The summed E-state index contributed by atoms with van der Waals surface area (Å²) in [6, 6.07) is 23.6. The second-order valence-electron chi connectivity index (χ2n) is 12.3. The number of carbonyl (C=O) groups is 1. The Kier molecular flexibility index (Phi) is 5.48. The summed E-state index contributed by atoms with van der Waals surface area (Å²) < 4.78 is 12.5. The molecule has 0 aliphatic rings. The first kappa shape index (κ1) is 24.9. The van der Waals surface area contributed by atoms with Crippen molar-refractivity contribution in [2.45, 2.75) is 52.4 Å².